The summed E-state index contributed by atoms with van der Waals surface area (Å²) < 4.78 is 18.6. The second-order valence-corrected chi connectivity index (χ2v) is 7.00. The van der Waals surface area contributed by atoms with Crippen molar-refractivity contribution in [3.63, 3.8) is 0 Å². The summed E-state index contributed by atoms with van der Waals surface area (Å²) in [5, 5.41) is 9.65. The van der Waals surface area contributed by atoms with Crippen LogP contribution >= 0.6 is 11.3 Å². The molecule has 1 aliphatic rings. The van der Waals surface area contributed by atoms with Crippen LogP contribution in [0, 0.1) is 12.7 Å². The summed E-state index contributed by atoms with van der Waals surface area (Å²) in [4.78, 5) is 4.58. The van der Waals surface area contributed by atoms with E-state index >= 15 is 0 Å². The van der Waals surface area contributed by atoms with Gasteiger partial charge in [-0.25, -0.2) is 14.4 Å². The summed E-state index contributed by atoms with van der Waals surface area (Å²) in [6.45, 7) is 1.97. The number of methoxy groups -OCH3 is 1. The highest BCUT2D eigenvalue weighted by Gasteiger charge is 2.31. The smallest absolute Gasteiger partial charge is 0.206 e. The van der Waals surface area contributed by atoms with E-state index in [0.717, 1.165) is 39.8 Å². The van der Waals surface area contributed by atoms with Crippen LogP contribution in [0.1, 0.15) is 29.3 Å². The number of benzene rings is 2. The summed E-state index contributed by atoms with van der Waals surface area (Å²) in [6, 6.07) is 14.5. The minimum Gasteiger partial charge on any atom is -0.497 e. The number of nitrogens with zero attached hydrogens (tertiary/aromatic N) is 3. The molecule has 26 heavy (non-hydrogen) atoms. The Labute approximate surface area is 155 Å². The molecule has 0 amide bonds. The Morgan fingerprint density at radius 1 is 1.12 bits per heavy atom. The van der Waals surface area contributed by atoms with E-state index in [9.17, 15) is 4.39 Å². The second kappa shape index (κ2) is 6.88. The third kappa shape index (κ3) is 3.20. The minimum absolute atomic E-state index is 0.00162. The number of aryl methyl sites for hydroxylation is 1. The Balaban J connectivity index is 1.71. The van der Waals surface area contributed by atoms with Crippen molar-refractivity contribution in [3.05, 3.63) is 76.5 Å². The van der Waals surface area contributed by atoms with Gasteiger partial charge in [-0.3, -0.25) is 0 Å². The van der Waals surface area contributed by atoms with Crippen LogP contribution in [0.4, 0.5) is 9.52 Å². The molecule has 6 heteroatoms. The van der Waals surface area contributed by atoms with Crippen molar-refractivity contribution in [2.24, 2.45) is 5.10 Å². The lowest BCUT2D eigenvalue weighted by atomic mass is 9.98. The molecular formula is C20H18FN3OS. The molecule has 0 bridgehead atoms. The van der Waals surface area contributed by atoms with Gasteiger partial charge in [-0.15, -0.1) is 11.3 Å². The monoisotopic (exact) mass is 367 g/mol. The molecule has 132 valence electrons. The van der Waals surface area contributed by atoms with E-state index < -0.39 is 0 Å². The molecule has 1 aromatic heterocycles. The normalized spacial score (nSPS) is 16.7. The van der Waals surface area contributed by atoms with Gasteiger partial charge in [0.2, 0.25) is 5.13 Å². The topological polar surface area (TPSA) is 37.7 Å². The third-order valence-electron chi connectivity index (χ3n) is 4.39. The molecule has 0 unspecified atom stereocenters. The Kier molecular flexibility index (Phi) is 4.42. The molecule has 0 radical (unpaired) electrons. The molecule has 0 spiro atoms. The average Bonchev–Trinajstić information content (AvgIpc) is 3.29. The molecule has 2 heterocycles. The summed E-state index contributed by atoms with van der Waals surface area (Å²) in [5.41, 5.74) is 4.02. The molecule has 0 saturated carbocycles. The van der Waals surface area contributed by atoms with Gasteiger partial charge in [0.1, 0.15) is 11.6 Å². The van der Waals surface area contributed by atoms with Gasteiger partial charge in [0, 0.05) is 11.8 Å². The SMILES string of the molecule is COc1ccc(C2=NN(c3nc(C)cs3)[C@H](c3ccc(F)cc3)C2)cc1. The van der Waals surface area contributed by atoms with Crippen molar-refractivity contribution >= 4 is 22.2 Å². The largest absolute Gasteiger partial charge is 0.497 e. The van der Waals surface area contributed by atoms with E-state index in [4.69, 9.17) is 9.84 Å². The number of hydrazone groups is 1. The minimum atomic E-state index is -0.236. The molecule has 0 saturated heterocycles. The molecule has 0 fully saturated rings. The van der Waals surface area contributed by atoms with Crippen LogP contribution in [-0.2, 0) is 0 Å². The van der Waals surface area contributed by atoms with Gasteiger partial charge in [0.15, 0.2) is 0 Å². The summed E-state index contributed by atoms with van der Waals surface area (Å²) in [5.74, 6) is 0.578. The molecule has 1 aliphatic heterocycles. The number of aromatic nitrogens is 1. The van der Waals surface area contributed by atoms with Crippen molar-refractivity contribution < 1.29 is 9.13 Å². The number of hydrogen-bond acceptors (Lipinski definition) is 5. The zero-order valence-electron chi connectivity index (χ0n) is 14.5. The number of rotatable bonds is 4. The van der Waals surface area contributed by atoms with E-state index in [0.29, 0.717) is 0 Å². The fraction of sp³-hybridized carbons (Fsp3) is 0.200. The molecule has 3 aromatic rings. The molecule has 4 nitrogen and oxygen atoms in total. The first-order chi connectivity index (χ1) is 12.6. The Morgan fingerprint density at radius 3 is 2.46 bits per heavy atom. The predicted molar refractivity (Wildman–Crippen MR) is 103 cm³/mol. The number of thiazole rings is 1. The van der Waals surface area contributed by atoms with E-state index in [1.54, 1.807) is 18.4 Å². The van der Waals surface area contributed by atoms with Gasteiger partial charge in [-0.05, 0) is 54.4 Å². The Bertz CT molecular complexity index is 934. The predicted octanol–water partition coefficient (Wildman–Crippen LogP) is 4.95. The molecule has 2 aromatic carbocycles. The van der Waals surface area contributed by atoms with Crippen LogP contribution < -0.4 is 9.75 Å². The van der Waals surface area contributed by atoms with Crippen molar-refractivity contribution in [2.75, 3.05) is 12.1 Å². The molecule has 0 N–H and O–H groups in total. The van der Waals surface area contributed by atoms with Crippen LogP contribution in [0.5, 0.6) is 5.75 Å². The number of hydrogen-bond donors (Lipinski definition) is 0. The van der Waals surface area contributed by atoms with Crippen molar-refractivity contribution in [2.45, 2.75) is 19.4 Å². The first kappa shape index (κ1) is 16.7. The van der Waals surface area contributed by atoms with E-state index in [1.807, 2.05) is 53.7 Å². The molecular weight excluding hydrogens is 349 g/mol. The average molecular weight is 367 g/mol. The van der Waals surface area contributed by atoms with Gasteiger partial charge in [-0.2, -0.15) is 5.10 Å². The van der Waals surface area contributed by atoms with Crippen LogP contribution in [0.2, 0.25) is 0 Å². The zero-order valence-corrected chi connectivity index (χ0v) is 15.3. The zero-order chi connectivity index (χ0) is 18.1. The summed E-state index contributed by atoms with van der Waals surface area (Å²) >= 11 is 1.57. The van der Waals surface area contributed by atoms with Crippen LogP contribution in [-0.4, -0.2) is 17.8 Å². The Hall–Kier alpha value is -2.73. The summed E-state index contributed by atoms with van der Waals surface area (Å²) in [7, 11) is 1.65. The maximum absolute atomic E-state index is 13.3. The fourth-order valence-electron chi connectivity index (χ4n) is 3.04. The van der Waals surface area contributed by atoms with E-state index in [1.165, 1.54) is 12.1 Å². The van der Waals surface area contributed by atoms with Crippen LogP contribution in [0.15, 0.2) is 59.0 Å². The number of halogens is 1. The van der Waals surface area contributed by atoms with E-state index in [-0.39, 0.29) is 11.9 Å². The highest BCUT2D eigenvalue weighted by Crippen LogP contribution is 2.38. The van der Waals surface area contributed by atoms with Crippen molar-refractivity contribution in [3.8, 4) is 5.75 Å². The van der Waals surface area contributed by atoms with Crippen molar-refractivity contribution in [1.82, 2.24) is 4.98 Å². The van der Waals surface area contributed by atoms with Gasteiger partial charge >= 0.3 is 0 Å². The number of ether oxygens (including phenoxy) is 1. The second-order valence-electron chi connectivity index (χ2n) is 6.16. The molecule has 4 rings (SSSR count). The van der Waals surface area contributed by atoms with Gasteiger partial charge in [0.25, 0.3) is 0 Å². The maximum atomic E-state index is 13.3. The lowest BCUT2D eigenvalue weighted by molar-refractivity contribution is 0.415. The van der Waals surface area contributed by atoms with Crippen LogP contribution in [0.25, 0.3) is 0 Å². The van der Waals surface area contributed by atoms with Gasteiger partial charge in [0.05, 0.1) is 24.6 Å². The highest BCUT2D eigenvalue weighted by molar-refractivity contribution is 7.13. The first-order valence-electron chi connectivity index (χ1n) is 8.33. The molecule has 1 atom stereocenters. The number of anilines is 1. The maximum Gasteiger partial charge on any atom is 0.206 e. The van der Waals surface area contributed by atoms with Crippen LogP contribution in [0.3, 0.4) is 0 Å². The summed E-state index contributed by atoms with van der Waals surface area (Å²) in [6.07, 6.45) is 0.733. The van der Waals surface area contributed by atoms with Gasteiger partial charge in [-0.1, -0.05) is 12.1 Å². The van der Waals surface area contributed by atoms with Crippen molar-refractivity contribution in [1.29, 1.82) is 0 Å². The molecule has 0 aliphatic carbocycles. The lowest BCUT2D eigenvalue weighted by Gasteiger charge is -2.21. The van der Waals surface area contributed by atoms with E-state index in [2.05, 4.69) is 4.98 Å². The van der Waals surface area contributed by atoms with Gasteiger partial charge < -0.3 is 4.74 Å². The third-order valence-corrected chi connectivity index (χ3v) is 5.34. The fourth-order valence-corrected chi connectivity index (χ4v) is 3.84. The Morgan fingerprint density at radius 2 is 1.85 bits per heavy atom. The highest BCUT2D eigenvalue weighted by atomic mass is 32.1. The lowest BCUT2D eigenvalue weighted by Crippen LogP contribution is -2.18. The standard InChI is InChI=1S/C20H18FN3OS/c1-13-12-26-20(22-13)24-19(15-3-7-16(21)8-4-15)11-18(23-24)14-5-9-17(25-2)10-6-14/h3-10,12,19H,11H2,1-2H3/t19-/m0/s1. The first-order valence-corrected chi connectivity index (χ1v) is 9.21. The quantitative estimate of drug-likeness (QED) is 0.654.